The molecule has 0 atom stereocenters. The summed E-state index contributed by atoms with van der Waals surface area (Å²) in [5.41, 5.74) is 0.914. The molecule has 2 fully saturated rings. The second-order valence-corrected chi connectivity index (χ2v) is 7.93. The standard InChI is InChI=1S/C17H23N5O4S/c1-11(2)22-16(25)15(24)21(17(22)26)10-19-4-6-20(7-5-19)14(23)8-13-18-12(3)9-27-13/h9,11H,4-8,10H2,1-3H3. The van der Waals surface area contributed by atoms with Gasteiger partial charge in [-0.2, -0.15) is 0 Å². The minimum Gasteiger partial charge on any atom is -0.340 e. The Morgan fingerprint density at radius 1 is 1.15 bits per heavy atom. The van der Waals surface area contributed by atoms with E-state index in [0.717, 1.165) is 20.5 Å². The number of carbonyl (C=O) groups excluding carboxylic acids is 4. The summed E-state index contributed by atoms with van der Waals surface area (Å²) in [4.78, 5) is 58.8. The molecule has 5 amide bonds. The highest BCUT2D eigenvalue weighted by molar-refractivity contribution is 7.09. The highest BCUT2D eigenvalue weighted by Crippen LogP contribution is 2.17. The first kappa shape index (κ1) is 19.4. The van der Waals surface area contributed by atoms with Crippen LogP contribution in [0.4, 0.5) is 4.79 Å². The van der Waals surface area contributed by atoms with E-state index in [9.17, 15) is 19.2 Å². The number of carbonyl (C=O) groups is 4. The molecule has 0 N–H and O–H groups in total. The van der Waals surface area contributed by atoms with Gasteiger partial charge in [0.15, 0.2) is 0 Å². The largest absolute Gasteiger partial charge is 0.340 e. The Balaban J connectivity index is 1.52. The lowest BCUT2D eigenvalue weighted by Crippen LogP contribution is -2.53. The van der Waals surface area contributed by atoms with Gasteiger partial charge in [0.25, 0.3) is 0 Å². The topological polar surface area (TPSA) is 94.1 Å². The normalized spacial score (nSPS) is 19.0. The Hall–Kier alpha value is -2.33. The van der Waals surface area contributed by atoms with Crippen molar-refractivity contribution in [2.75, 3.05) is 32.8 Å². The molecular weight excluding hydrogens is 370 g/mol. The molecule has 2 aliphatic heterocycles. The summed E-state index contributed by atoms with van der Waals surface area (Å²) in [6.45, 7) is 7.46. The first-order valence-corrected chi connectivity index (χ1v) is 9.76. The maximum atomic E-state index is 12.4. The SMILES string of the molecule is Cc1csc(CC(=O)N2CCN(CN3C(=O)C(=O)N(C(C)C)C3=O)CC2)n1. The van der Waals surface area contributed by atoms with Crippen molar-refractivity contribution in [2.24, 2.45) is 0 Å². The molecular formula is C17H23N5O4S. The number of aromatic nitrogens is 1. The van der Waals surface area contributed by atoms with Gasteiger partial charge in [-0.25, -0.2) is 14.7 Å². The smallest absolute Gasteiger partial charge is 0.335 e. The average molecular weight is 393 g/mol. The predicted octanol–water partition coefficient (Wildman–Crippen LogP) is 0.295. The molecule has 0 aromatic carbocycles. The van der Waals surface area contributed by atoms with Crippen LogP contribution in [0.1, 0.15) is 24.5 Å². The highest BCUT2D eigenvalue weighted by atomic mass is 32.1. The summed E-state index contributed by atoms with van der Waals surface area (Å²) in [7, 11) is 0. The molecule has 0 saturated carbocycles. The van der Waals surface area contributed by atoms with Crippen LogP contribution in [-0.4, -0.2) is 87.2 Å². The molecule has 0 unspecified atom stereocenters. The predicted molar refractivity (Wildman–Crippen MR) is 97.8 cm³/mol. The number of nitrogens with zero attached hydrogens (tertiary/aromatic N) is 5. The zero-order valence-corrected chi connectivity index (χ0v) is 16.5. The Bertz CT molecular complexity index is 769. The van der Waals surface area contributed by atoms with Crippen molar-refractivity contribution in [3.8, 4) is 0 Å². The van der Waals surface area contributed by atoms with Crippen LogP contribution in [0.2, 0.25) is 0 Å². The molecule has 0 bridgehead atoms. The molecule has 1 aromatic rings. The number of piperazine rings is 1. The minimum atomic E-state index is -0.786. The van der Waals surface area contributed by atoms with E-state index < -0.39 is 17.8 Å². The fraction of sp³-hybridized carbons (Fsp3) is 0.588. The van der Waals surface area contributed by atoms with Crippen molar-refractivity contribution >= 4 is 35.1 Å². The first-order valence-electron chi connectivity index (χ1n) is 8.88. The molecule has 0 radical (unpaired) electrons. The summed E-state index contributed by atoms with van der Waals surface area (Å²) >= 11 is 1.48. The van der Waals surface area contributed by atoms with Gasteiger partial charge in [-0.15, -0.1) is 11.3 Å². The van der Waals surface area contributed by atoms with Crippen molar-refractivity contribution in [3.05, 3.63) is 16.1 Å². The summed E-state index contributed by atoms with van der Waals surface area (Å²) in [6, 6.07) is -0.930. The lowest BCUT2D eigenvalue weighted by Gasteiger charge is -2.35. The molecule has 0 aliphatic carbocycles. The van der Waals surface area contributed by atoms with Crippen LogP contribution < -0.4 is 0 Å². The van der Waals surface area contributed by atoms with Crippen LogP contribution in [0.25, 0.3) is 0 Å². The van der Waals surface area contributed by atoms with Gasteiger partial charge in [-0.3, -0.25) is 24.2 Å². The van der Waals surface area contributed by atoms with Crippen LogP contribution in [0, 0.1) is 6.92 Å². The lowest BCUT2D eigenvalue weighted by molar-refractivity contribution is -0.144. The van der Waals surface area contributed by atoms with Crippen LogP contribution in [0.3, 0.4) is 0 Å². The highest BCUT2D eigenvalue weighted by Gasteiger charge is 2.46. The van der Waals surface area contributed by atoms with Crippen molar-refractivity contribution in [1.82, 2.24) is 24.6 Å². The summed E-state index contributed by atoms with van der Waals surface area (Å²) in [5.74, 6) is -1.53. The van der Waals surface area contributed by atoms with Crippen LogP contribution in [0.5, 0.6) is 0 Å². The Kier molecular flexibility index (Phi) is 5.56. The quantitative estimate of drug-likeness (QED) is 0.527. The van der Waals surface area contributed by atoms with E-state index in [1.54, 1.807) is 18.7 Å². The van der Waals surface area contributed by atoms with Gasteiger partial charge in [-0.1, -0.05) is 0 Å². The third-order valence-corrected chi connectivity index (χ3v) is 5.60. The van der Waals surface area contributed by atoms with Crippen molar-refractivity contribution in [1.29, 1.82) is 0 Å². The fourth-order valence-corrected chi connectivity index (χ4v) is 3.93. The van der Waals surface area contributed by atoms with E-state index in [4.69, 9.17) is 0 Å². The Morgan fingerprint density at radius 3 is 2.33 bits per heavy atom. The number of hydrogen-bond donors (Lipinski definition) is 0. The third kappa shape index (κ3) is 4.01. The number of imide groups is 2. The van der Waals surface area contributed by atoms with E-state index in [1.807, 2.05) is 17.2 Å². The number of amides is 5. The summed E-state index contributed by atoms with van der Waals surface area (Å²) in [6.07, 6.45) is 0.291. The maximum absolute atomic E-state index is 12.4. The first-order chi connectivity index (χ1) is 12.8. The Morgan fingerprint density at radius 2 is 1.81 bits per heavy atom. The van der Waals surface area contributed by atoms with E-state index >= 15 is 0 Å². The molecule has 10 heteroatoms. The van der Waals surface area contributed by atoms with Gasteiger partial charge in [-0.05, 0) is 20.8 Å². The second-order valence-electron chi connectivity index (χ2n) is 6.98. The summed E-state index contributed by atoms with van der Waals surface area (Å²) in [5, 5.41) is 2.73. The molecule has 1 aromatic heterocycles. The molecule has 27 heavy (non-hydrogen) atoms. The van der Waals surface area contributed by atoms with Gasteiger partial charge in [0.1, 0.15) is 5.01 Å². The number of hydrogen-bond acceptors (Lipinski definition) is 7. The molecule has 146 valence electrons. The average Bonchev–Trinajstić information content (AvgIpc) is 3.11. The van der Waals surface area contributed by atoms with Gasteiger partial charge in [0, 0.05) is 43.3 Å². The van der Waals surface area contributed by atoms with Gasteiger partial charge in [0.05, 0.1) is 13.1 Å². The van der Waals surface area contributed by atoms with Crippen molar-refractivity contribution < 1.29 is 19.2 Å². The van der Waals surface area contributed by atoms with Gasteiger partial charge in [0.2, 0.25) is 5.91 Å². The second kappa shape index (κ2) is 7.73. The monoisotopic (exact) mass is 393 g/mol. The van der Waals surface area contributed by atoms with Crippen molar-refractivity contribution in [3.63, 3.8) is 0 Å². The molecule has 2 aliphatic rings. The number of thiazole rings is 1. The van der Waals surface area contributed by atoms with E-state index in [0.29, 0.717) is 32.6 Å². The zero-order chi connectivity index (χ0) is 19.7. The molecule has 2 saturated heterocycles. The maximum Gasteiger partial charge on any atom is 0.335 e. The van der Waals surface area contributed by atoms with Gasteiger partial charge < -0.3 is 4.90 Å². The number of rotatable bonds is 5. The summed E-state index contributed by atoms with van der Waals surface area (Å²) < 4.78 is 0. The Labute approximate surface area is 161 Å². The zero-order valence-electron chi connectivity index (χ0n) is 15.7. The van der Waals surface area contributed by atoms with Crippen LogP contribution in [-0.2, 0) is 20.8 Å². The fourth-order valence-electron chi connectivity index (χ4n) is 3.17. The molecule has 9 nitrogen and oxygen atoms in total. The number of urea groups is 1. The van der Waals surface area contributed by atoms with E-state index in [-0.39, 0.29) is 18.6 Å². The third-order valence-electron chi connectivity index (χ3n) is 4.64. The minimum absolute atomic E-state index is 0.0264. The van der Waals surface area contributed by atoms with E-state index in [1.165, 1.54) is 11.3 Å². The van der Waals surface area contributed by atoms with Crippen molar-refractivity contribution in [2.45, 2.75) is 33.2 Å². The molecule has 3 heterocycles. The van der Waals surface area contributed by atoms with E-state index in [2.05, 4.69) is 4.98 Å². The van der Waals surface area contributed by atoms with Crippen LogP contribution >= 0.6 is 11.3 Å². The molecule has 0 spiro atoms. The van der Waals surface area contributed by atoms with Gasteiger partial charge >= 0.3 is 17.8 Å². The molecule has 3 rings (SSSR count). The van der Waals surface area contributed by atoms with Crippen LogP contribution in [0.15, 0.2) is 5.38 Å². The number of aryl methyl sites for hydroxylation is 1. The lowest BCUT2D eigenvalue weighted by atomic mass is 10.3.